The number of anilines is 1. The average molecular weight is 362 g/mol. The molecule has 0 atom stereocenters. The minimum atomic E-state index is -0.718. The minimum Gasteiger partial charge on any atom is -0.495 e. The summed E-state index contributed by atoms with van der Waals surface area (Å²) in [7, 11) is 1.34. The molecule has 0 saturated carbocycles. The molecule has 0 aliphatic heterocycles. The number of aryl methyl sites for hydroxylation is 1. The number of carbonyl (C=O) groups excluding carboxylic acids is 1. The molecule has 0 radical (unpaired) electrons. The number of nitrogens with one attached hydrogen (secondary N) is 1. The summed E-state index contributed by atoms with van der Waals surface area (Å²) in [6.07, 6.45) is 0. The number of nitrogens with zero attached hydrogens (tertiary/aromatic N) is 3. The smallest absolute Gasteiger partial charge is 0.406 e. The lowest BCUT2D eigenvalue weighted by Crippen LogP contribution is -2.21. The van der Waals surface area contributed by atoms with Gasteiger partial charge in [-0.3, -0.25) is 14.9 Å². The van der Waals surface area contributed by atoms with Crippen LogP contribution in [0.25, 0.3) is 0 Å². The Kier molecular flexibility index (Phi) is 5.63. The fourth-order valence-electron chi connectivity index (χ4n) is 2.01. The van der Waals surface area contributed by atoms with Gasteiger partial charge >= 0.3 is 5.82 Å². The second kappa shape index (κ2) is 7.88. The summed E-state index contributed by atoms with van der Waals surface area (Å²) in [5, 5.41) is 24.2. The zero-order chi connectivity index (χ0) is 19.3. The molecule has 1 heterocycles. The molecule has 26 heavy (non-hydrogen) atoms. The van der Waals surface area contributed by atoms with Crippen LogP contribution in [0.4, 0.5) is 17.2 Å². The molecule has 136 valence electrons. The quantitative estimate of drug-likeness (QED) is 0.582. The van der Waals surface area contributed by atoms with Crippen molar-refractivity contribution in [3.05, 3.63) is 56.3 Å². The average Bonchev–Trinajstić information content (AvgIpc) is 2.60. The van der Waals surface area contributed by atoms with Crippen molar-refractivity contribution in [1.29, 1.82) is 0 Å². The van der Waals surface area contributed by atoms with Crippen LogP contribution in [0.5, 0.6) is 11.5 Å². The fraction of sp³-hybridized carbons (Fsp3) is 0.200. The van der Waals surface area contributed by atoms with Gasteiger partial charge < -0.3 is 24.9 Å². The molecular weight excluding hydrogens is 348 g/mol. The maximum absolute atomic E-state index is 12.0. The van der Waals surface area contributed by atoms with Crippen LogP contribution < -0.4 is 14.8 Å². The van der Waals surface area contributed by atoms with Crippen LogP contribution in [0.15, 0.2) is 30.3 Å². The number of carbonyl (C=O) groups is 1. The Morgan fingerprint density at radius 1 is 1.15 bits per heavy atom. The van der Waals surface area contributed by atoms with E-state index < -0.39 is 28.2 Å². The molecule has 0 aliphatic rings. The third kappa shape index (κ3) is 4.41. The van der Waals surface area contributed by atoms with Gasteiger partial charge in [-0.05, 0) is 28.1 Å². The van der Waals surface area contributed by atoms with Gasteiger partial charge in [0.1, 0.15) is 11.4 Å². The van der Waals surface area contributed by atoms with Gasteiger partial charge in [-0.25, -0.2) is 0 Å². The molecule has 0 unspecified atom stereocenters. The number of non-ortho nitro benzene ring substituents is 1. The van der Waals surface area contributed by atoms with Crippen LogP contribution in [0, 0.1) is 27.2 Å². The Hall–Kier alpha value is -3.76. The zero-order valence-electron chi connectivity index (χ0n) is 13.8. The highest BCUT2D eigenvalue weighted by Gasteiger charge is 2.19. The number of nitro benzene ring substituents is 1. The molecule has 0 bridgehead atoms. The monoisotopic (exact) mass is 362 g/mol. The summed E-state index contributed by atoms with van der Waals surface area (Å²) < 4.78 is 10.2. The van der Waals surface area contributed by atoms with E-state index in [0.717, 1.165) is 6.07 Å². The van der Waals surface area contributed by atoms with Gasteiger partial charge in [0.2, 0.25) is 5.75 Å². The first kappa shape index (κ1) is 18.6. The van der Waals surface area contributed by atoms with Crippen LogP contribution in [-0.4, -0.2) is 34.5 Å². The number of hydrogen-bond acceptors (Lipinski definition) is 8. The van der Waals surface area contributed by atoms with Gasteiger partial charge in [0.05, 0.1) is 17.7 Å². The lowest BCUT2D eigenvalue weighted by atomic mass is 10.2. The standard InChI is InChI=1S/C15H14N4O7/c1-9-3-5-13(15(16-9)19(23)24)26-8-14(20)17-11-7-10(18(21)22)4-6-12(11)25-2/h3-7H,8H2,1-2H3,(H,17,20). The van der Waals surface area contributed by atoms with Crippen molar-refractivity contribution in [2.24, 2.45) is 0 Å². The predicted molar refractivity (Wildman–Crippen MR) is 89.4 cm³/mol. The first-order chi connectivity index (χ1) is 12.3. The highest BCUT2D eigenvalue weighted by molar-refractivity contribution is 5.93. The van der Waals surface area contributed by atoms with E-state index in [1.165, 1.54) is 31.4 Å². The number of pyridine rings is 1. The lowest BCUT2D eigenvalue weighted by Gasteiger charge is -2.10. The van der Waals surface area contributed by atoms with E-state index in [4.69, 9.17) is 9.47 Å². The number of nitro groups is 2. The van der Waals surface area contributed by atoms with Crippen LogP contribution >= 0.6 is 0 Å². The van der Waals surface area contributed by atoms with Crippen molar-refractivity contribution in [3.63, 3.8) is 0 Å². The van der Waals surface area contributed by atoms with Crippen molar-refractivity contribution in [2.45, 2.75) is 6.92 Å². The van der Waals surface area contributed by atoms with Crippen molar-refractivity contribution >= 4 is 23.1 Å². The Bertz CT molecular complexity index is 869. The van der Waals surface area contributed by atoms with Gasteiger partial charge in [0.25, 0.3) is 11.6 Å². The fourth-order valence-corrected chi connectivity index (χ4v) is 2.01. The van der Waals surface area contributed by atoms with Crippen molar-refractivity contribution < 1.29 is 24.1 Å². The summed E-state index contributed by atoms with van der Waals surface area (Å²) in [6.45, 7) is 1.02. The van der Waals surface area contributed by atoms with Gasteiger partial charge in [-0.15, -0.1) is 0 Å². The van der Waals surface area contributed by atoms with E-state index >= 15 is 0 Å². The molecule has 1 N–H and O–H groups in total. The zero-order valence-corrected chi connectivity index (χ0v) is 13.8. The lowest BCUT2D eigenvalue weighted by molar-refractivity contribution is -0.390. The maximum atomic E-state index is 12.0. The number of rotatable bonds is 7. The first-order valence-electron chi connectivity index (χ1n) is 7.19. The molecule has 0 spiro atoms. The Balaban J connectivity index is 2.12. The van der Waals surface area contributed by atoms with Crippen LogP contribution in [-0.2, 0) is 4.79 Å². The second-order valence-electron chi connectivity index (χ2n) is 5.01. The Labute approximate surface area is 146 Å². The number of ether oxygens (including phenoxy) is 2. The van der Waals surface area contributed by atoms with Gasteiger partial charge in [-0.2, -0.15) is 0 Å². The molecule has 1 amide bonds. The van der Waals surface area contributed by atoms with Gasteiger partial charge in [-0.1, -0.05) is 0 Å². The molecule has 2 rings (SSSR count). The molecule has 11 nitrogen and oxygen atoms in total. The maximum Gasteiger partial charge on any atom is 0.406 e. The normalized spacial score (nSPS) is 10.1. The first-order valence-corrected chi connectivity index (χ1v) is 7.19. The van der Waals surface area contributed by atoms with E-state index in [-0.39, 0.29) is 22.9 Å². The SMILES string of the molecule is COc1ccc([N+](=O)[O-])cc1NC(=O)COc1ccc(C)nc1[N+](=O)[O-]. The topological polar surface area (TPSA) is 147 Å². The molecule has 2 aromatic rings. The van der Waals surface area contributed by atoms with E-state index in [1.54, 1.807) is 6.92 Å². The summed E-state index contributed by atoms with van der Waals surface area (Å²) in [5.74, 6) is -1.14. The second-order valence-corrected chi connectivity index (χ2v) is 5.01. The van der Waals surface area contributed by atoms with Gasteiger partial charge in [0, 0.05) is 19.1 Å². The van der Waals surface area contributed by atoms with Gasteiger partial charge in [0.15, 0.2) is 6.61 Å². The minimum absolute atomic E-state index is 0.0758. The molecule has 0 fully saturated rings. The number of methoxy groups -OCH3 is 1. The van der Waals surface area contributed by atoms with Crippen molar-refractivity contribution in [1.82, 2.24) is 4.98 Å². The van der Waals surface area contributed by atoms with E-state index in [9.17, 15) is 25.0 Å². The van der Waals surface area contributed by atoms with E-state index in [2.05, 4.69) is 10.3 Å². The molecule has 0 aliphatic carbocycles. The largest absolute Gasteiger partial charge is 0.495 e. The number of benzene rings is 1. The highest BCUT2D eigenvalue weighted by Crippen LogP contribution is 2.29. The molecular formula is C15H14N4O7. The van der Waals surface area contributed by atoms with E-state index in [0.29, 0.717) is 5.69 Å². The number of hydrogen-bond donors (Lipinski definition) is 1. The summed E-state index contributed by atoms with van der Waals surface area (Å²) in [6, 6.07) is 6.54. The third-order valence-corrected chi connectivity index (χ3v) is 3.18. The van der Waals surface area contributed by atoms with Crippen molar-refractivity contribution in [3.8, 4) is 11.5 Å². The summed E-state index contributed by atoms with van der Waals surface area (Å²) in [5.41, 5.74) is 0.266. The van der Waals surface area contributed by atoms with Crippen LogP contribution in [0.3, 0.4) is 0 Å². The van der Waals surface area contributed by atoms with Crippen molar-refractivity contribution in [2.75, 3.05) is 19.0 Å². The summed E-state index contributed by atoms with van der Waals surface area (Å²) >= 11 is 0. The van der Waals surface area contributed by atoms with Crippen LogP contribution in [0.2, 0.25) is 0 Å². The Morgan fingerprint density at radius 2 is 1.85 bits per heavy atom. The van der Waals surface area contributed by atoms with E-state index in [1.807, 2.05) is 0 Å². The molecule has 11 heteroatoms. The highest BCUT2D eigenvalue weighted by atomic mass is 16.6. The Morgan fingerprint density at radius 3 is 2.46 bits per heavy atom. The summed E-state index contributed by atoms with van der Waals surface area (Å²) in [4.78, 5) is 36.2. The molecule has 0 saturated heterocycles. The number of aromatic nitrogens is 1. The predicted octanol–water partition coefficient (Wildman–Crippen LogP) is 2.23. The third-order valence-electron chi connectivity index (χ3n) is 3.18. The molecule has 1 aromatic heterocycles. The number of amides is 1. The molecule has 1 aromatic carbocycles. The van der Waals surface area contributed by atoms with Crippen LogP contribution in [0.1, 0.15) is 5.69 Å².